The summed E-state index contributed by atoms with van der Waals surface area (Å²) in [5, 5.41) is 3.16. The first-order chi connectivity index (χ1) is 7.25. The normalized spacial score (nSPS) is 21.3. The Morgan fingerprint density at radius 3 is 2.53 bits per heavy atom. The SMILES string of the molecule is CCCCCCCCN1CNC(C)C1=O. The van der Waals surface area contributed by atoms with E-state index in [9.17, 15) is 4.79 Å². The summed E-state index contributed by atoms with van der Waals surface area (Å²) in [6.45, 7) is 5.84. The first kappa shape index (κ1) is 12.5. The van der Waals surface area contributed by atoms with E-state index in [-0.39, 0.29) is 11.9 Å². The van der Waals surface area contributed by atoms with Gasteiger partial charge in [-0.15, -0.1) is 0 Å². The van der Waals surface area contributed by atoms with Gasteiger partial charge in [-0.2, -0.15) is 0 Å². The van der Waals surface area contributed by atoms with Crippen LogP contribution < -0.4 is 5.32 Å². The monoisotopic (exact) mass is 212 g/mol. The highest BCUT2D eigenvalue weighted by Crippen LogP contribution is 2.08. The van der Waals surface area contributed by atoms with E-state index in [4.69, 9.17) is 0 Å². The molecule has 1 rings (SSSR count). The van der Waals surface area contributed by atoms with E-state index in [2.05, 4.69) is 12.2 Å². The minimum absolute atomic E-state index is 0.0325. The lowest BCUT2D eigenvalue weighted by molar-refractivity contribution is -0.128. The van der Waals surface area contributed by atoms with Crippen LogP contribution in [0.3, 0.4) is 0 Å². The van der Waals surface area contributed by atoms with Crippen LogP contribution in [0.2, 0.25) is 0 Å². The number of hydrogen-bond acceptors (Lipinski definition) is 2. The van der Waals surface area contributed by atoms with Crippen molar-refractivity contribution in [1.29, 1.82) is 0 Å². The topological polar surface area (TPSA) is 32.3 Å². The van der Waals surface area contributed by atoms with Crippen LogP contribution in [0.5, 0.6) is 0 Å². The van der Waals surface area contributed by atoms with Crippen LogP contribution in [0.1, 0.15) is 52.4 Å². The Labute approximate surface area is 93.2 Å². The molecule has 1 atom stereocenters. The zero-order valence-electron chi connectivity index (χ0n) is 10.1. The molecule has 1 fully saturated rings. The Bertz CT molecular complexity index is 194. The summed E-state index contributed by atoms with van der Waals surface area (Å²) in [7, 11) is 0. The van der Waals surface area contributed by atoms with E-state index < -0.39 is 0 Å². The average Bonchev–Trinajstić information content (AvgIpc) is 2.54. The maximum absolute atomic E-state index is 11.5. The van der Waals surface area contributed by atoms with Crippen LogP contribution in [0.4, 0.5) is 0 Å². The van der Waals surface area contributed by atoms with Gasteiger partial charge in [-0.1, -0.05) is 39.0 Å². The third-order valence-corrected chi connectivity index (χ3v) is 3.05. The van der Waals surface area contributed by atoms with Crippen LogP contribution in [0.15, 0.2) is 0 Å². The summed E-state index contributed by atoms with van der Waals surface area (Å²) in [6, 6.07) is 0.0325. The number of amides is 1. The number of carbonyl (C=O) groups excluding carboxylic acids is 1. The second kappa shape index (κ2) is 6.83. The van der Waals surface area contributed by atoms with Crippen molar-refractivity contribution in [2.75, 3.05) is 13.2 Å². The molecule has 1 saturated heterocycles. The Kier molecular flexibility index (Phi) is 5.69. The third kappa shape index (κ3) is 4.20. The number of unbranched alkanes of at least 4 members (excludes halogenated alkanes) is 5. The fourth-order valence-corrected chi connectivity index (χ4v) is 1.96. The predicted octanol–water partition coefficient (Wildman–Crippen LogP) is 2.12. The van der Waals surface area contributed by atoms with Crippen LogP contribution in [0, 0.1) is 0 Å². The molecule has 0 saturated carbocycles. The lowest BCUT2D eigenvalue weighted by atomic mass is 10.1. The molecular formula is C12H24N2O. The number of nitrogens with zero attached hydrogens (tertiary/aromatic N) is 1. The summed E-state index contributed by atoms with van der Waals surface area (Å²) in [5.41, 5.74) is 0. The molecule has 3 heteroatoms. The van der Waals surface area contributed by atoms with Gasteiger partial charge in [-0.25, -0.2) is 0 Å². The van der Waals surface area contributed by atoms with Crippen molar-refractivity contribution in [2.45, 2.75) is 58.4 Å². The Balaban J connectivity index is 1.98. The third-order valence-electron chi connectivity index (χ3n) is 3.05. The fourth-order valence-electron chi connectivity index (χ4n) is 1.96. The van der Waals surface area contributed by atoms with Gasteiger partial charge in [-0.05, 0) is 13.3 Å². The van der Waals surface area contributed by atoms with Crippen molar-refractivity contribution in [1.82, 2.24) is 10.2 Å². The summed E-state index contributed by atoms with van der Waals surface area (Å²) in [6.07, 6.45) is 7.73. The molecule has 1 aliphatic heterocycles. The predicted molar refractivity (Wildman–Crippen MR) is 62.6 cm³/mol. The van der Waals surface area contributed by atoms with Gasteiger partial charge in [0.1, 0.15) is 0 Å². The number of rotatable bonds is 7. The van der Waals surface area contributed by atoms with Gasteiger partial charge >= 0.3 is 0 Å². The van der Waals surface area contributed by atoms with Gasteiger partial charge < -0.3 is 4.90 Å². The highest BCUT2D eigenvalue weighted by atomic mass is 16.2. The first-order valence-corrected chi connectivity index (χ1v) is 6.28. The molecule has 0 spiro atoms. The van der Waals surface area contributed by atoms with Crippen LogP contribution in [0.25, 0.3) is 0 Å². The highest BCUT2D eigenvalue weighted by Gasteiger charge is 2.26. The van der Waals surface area contributed by atoms with Crippen molar-refractivity contribution in [3.05, 3.63) is 0 Å². The summed E-state index contributed by atoms with van der Waals surface area (Å²) in [4.78, 5) is 13.5. The standard InChI is InChI=1S/C12H24N2O/c1-3-4-5-6-7-8-9-14-10-13-11(2)12(14)15/h11,13H,3-10H2,1-2H3. The number of nitrogens with one attached hydrogen (secondary N) is 1. The summed E-state index contributed by atoms with van der Waals surface area (Å²) < 4.78 is 0. The van der Waals surface area contributed by atoms with E-state index >= 15 is 0 Å². The van der Waals surface area contributed by atoms with E-state index in [0.717, 1.165) is 19.6 Å². The van der Waals surface area contributed by atoms with Crippen molar-refractivity contribution in [3.8, 4) is 0 Å². The quantitative estimate of drug-likeness (QED) is 0.656. The summed E-state index contributed by atoms with van der Waals surface area (Å²) in [5.74, 6) is 0.267. The smallest absolute Gasteiger partial charge is 0.240 e. The zero-order valence-corrected chi connectivity index (χ0v) is 10.1. The maximum atomic E-state index is 11.5. The highest BCUT2D eigenvalue weighted by molar-refractivity contribution is 5.83. The molecule has 0 bridgehead atoms. The largest absolute Gasteiger partial charge is 0.329 e. The molecule has 0 radical (unpaired) electrons. The van der Waals surface area contributed by atoms with Crippen molar-refractivity contribution in [2.24, 2.45) is 0 Å². The minimum Gasteiger partial charge on any atom is -0.329 e. The van der Waals surface area contributed by atoms with Gasteiger partial charge in [0, 0.05) is 6.54 Å². The molecule has 1 N–H and O–H groups in total. The van der Waals surface area contributed by atoms with Gasteiger partial charge in [0.15, 0.2) is 0 Å². The molecule has 0 aliphatic carbocycles. The Morgan fingerprint density at radius 1 is 1.27 bits per heavy atom. The van der Waals surface area contributed by atoms with Gasteiger partial charge in [0.05, 0.1) is 12.7 Å². The minimum atomic E-state index is 0.0325. The van der Waals surface area contributed by atoms with E-state index in [0.29, 0.717) is 0 Å². The van der Waals surface area contributed by atoms with Crippen molar-refractivity contribution >= 4 is 5.91 Å². The molecule has 1 unspecified atom stereocenters. The molecule has 88 valence electrons. The van der Waals surface area contributed by atoms with Crippen LogP contribution in [-0.2, 0) is 4.79 Å². The van der Waals surface area contributed by atoms with Gasteiger partial charge in [0.2, 0.25) is 5.91 Å². The zero-order chi connectivity index (χ0) is 11.1. The Hall–Kier alpha value is -0.570. The van der Waals surface area contributed by atoms with Gasteiger partial charge in [-0.3, -0.25) is 10.1 Å². The second-order valence-electron chi connectivity index (χ2n) is 4.45. The molecule has 1 aliphatic rings. The Morgan fingerprint density at radius 2 is 1.93 bits per heavy atom. The first-order valence-electron chi connectivity index (χ1n) is 6.28. The van der Waals surface area contributed by atoms with Crippen LogP contribution in [-0.4, -0.2) is 30.1 Å². The molecule has 15 heavy (non-hydrogen) atoms. The lowest BCUT2D eigenvalue weighted by Gasteiger charge is -2.14. The van der Waals surface area contributed by atoms with E-state index in [1.54, 1.807) is 0 Å². The molecule has 3 nitrogen and oxygen atoms in total. The van der Waals surface area contributed by atoms with Crippen molar-refractivity contribution < 1.29 is 4.79 Å². The molecule has 1 amide bonds. The average molecular weight is 212 g/mol. The molecule has 0 aromatic rings. The molecular weight excluding hydrogens is 188 g/mol. The molecule has 0 aromatic heterocycles. The van der Waals surface area contributed by atoms with E-state index in [1.165, 1.54) is 32.1 Å². The van der Waals surface area contributed by atoms with Crippen LogP contribution >= 0.6 is 0 Å². The maximum Gasteiger partial charge on any atom is 0.240 e. The number of carbonyl (C=O) groups is 1. The van der Waals surface area contributed by atoms with E-state index in [1.807, 2.05) is 11.8 Å². The molecule has 1 heterocycles. The summed E-state index contributed by atoms with van der Waals surface area (Å²) >= 11 is 0. The van der Waals surface area contributed by atoms with Gasteiger partial charge in [0.25, 0.3) is 0 Å². The number of hydrogen-bond donors (Lipinski definition) is 1. The molecule has 0 aromatic carbocycles. The fraction of sp³-hybridized carbons (Fsp3) is 0.917. The van der Waals surface area contributed by atoms with Crippen molar-refractivity contribution in [3.63, 3.8) is 0 Å². The lowest BCUT2D eigenvalue weighted by Crippen LogP contribution is -2.29. The second-order valence-corrected chi connectivity index (χ2v) is 4.45.